The van der Waals surface area contributed by atoms with Crippen molar-refractivity contribution in [2.45, 2.75) is 39.2 Å². The number of hydrogen-bond donors (Lipinski definition) is 2. The molecule has 0 spiro atoms. The summed E-state index contributed by atoms with van der Waals surface area (Å²) in [4.78, 5) is 11.0. The number of amides is 1. The molecule has 11 heavy (non-hydrogen) atoms. The van der Waals surface area contributed by atoms with Crippen molar-refractivity contribution in [3.05, 3.63) is 0 Å². The lowest BCUT2D eigenvalue weighted by Crippen LogP contribution is -2.31. The van der Waals surface area contributed by atoms with E-state index in [-0.39, 0.29) is 5.91 Å². The van der Waals surface area contributed by atoms with E-state index >= 15 is 0 Å². The highest BCUT2D eigenvalue weighted by Crippen LogP contribution is 1.91. The van der Waals surface area contributed by atoms with Crippen LogP contribution in [0, 0.1) is 0 Å². The van der Waals surface area contributed by atoms with Crippen molar-refractivity contribution in [1.29, 1.82) is 0 Å². The van der Waals surface area contributed by atoms with Crippen molar-refractivity contribution in [3.63, 3.8) is 0 Å². The second-order valence-electron chi connectivity index (χ2n) is 2.77. The largest absolute Gasteiger partial charge is 0.354 e. The maximum atomic E-state index is 11.0. The molecule has 0 aliphatic rings. The molecule has 0 radical (unpaired) electrons. The van der Waals surface area contributed by atoms with Crippen molar-refractivity contribution in [2.75, 3.05) is 6.54 Å². The van der Waals surface area contributed by atoms with Crippen molar-refractivity contribution in [2.24, 2.45) is 5.73 Å². The van der Waals surface area contributed by atoms with Crippen LogP contribution in [0.15, 0.2) is 0 Å². The molecule has 0 aromatic carbocycles. The molecule has 0 aliphatic heterocycles. The van der Waals surface area contributed by atoms with Crippen molar-refractivity contribution < 1.29 is 4.79 Å². The molecule has 0 saturated heterocycles. The minimum absolute atomic E-state index is 0.116. The zero-order valence-corrected chi connectivity index (χ0v) is 7.39. The van der Waals surface area contributed by atoms with Crippen LogP contribution >= 0.6 is 0 Å². The predicted octanol–water partition coefficient (Wildman–Crippen LogP) is 0.640. The van der Waals surface area contributed by atoms with E-state index in [0.29, 0.717) is 19.0 Å². The van der Waals surface area contributed by atoms with Gasteiger partial charge in [0.15, 0.2) is 0 Å². The van der Waals surface area contributed by atoms with Gasteiger partial charge >= 0.3 is 0 Å². The van der Waals surface area contributed by atoms with E-state index in [4.69, 9.17) is 5.73 Å². The van der Waals surface area contributed by atoms with Crippen LogP contribution in [0.3, 0.4) is 0 Å². The summed E-state index contributed by atoms with van der Waals surface area (Å²) in [6.07, 6.45) is 2.32. The van der Waals surface area contributed by atoms with Crippen LogP contribution < -0.4 is 11.1 Å². The lowest BCUT2D eigenvalue weighted by atomic mass is 10.2. The van der Waals surface area contributed by atoms with E-state index in [1.165, 1.54) is 0 Å². The second kappa shape index (κ2) is 6.16. The molecule has 0 bridgehead atoms. The first-order valence-electron chi connectivity index (χ1n) is 4.20. The smallest absolute Gasteiger partial charge is 0.220 e. The highest BCUT2D eigenvalue weighted by Gasteiger charge is 2.03. The van der Waals surface area contributed by atoms with E-state index in [1.54, 1.807) is 0 Å². The SMILES string of the molecule is CC[C@@H](C)NC(=O)CCCN. The van der Waals surface area contributed by atoms with Crippen LogP contribution in [0.2, 0.25) is 0 Å². The average Bonchev–Trinajstić information content (AvgIpc) is 2.00. The molecule has 0 heterocycles. The number of hydrogen-bond acceptors (Lipinski definition) is 2. The fourth-order valence-corrected chi connectivity index (χ4v) is 0.712. The summed E-state index contributed by atoms with van der Waals surface area (Å²) in [6.45, 7) is 4.64. The summed E-state index contributed by atoms with van der Waals surface area (Å²) in [7, 11) is 0. The summed E-state index contributed by atoms with van der Waals surface area (Å²) in [5.74, 6) is 0.116. The number of nitrogens with one attached hydrogen (secondary N) is 1. The summed E-state index contributed by atoms with van der Waals surface area (Å²) in [5.41, 5.74) is 5.26. The Labute approximate surface area is 68.3 Å². The van der Waals surface area contributed by atoms with Gasteiger partial charge in [-0.15, -0.1) is 0 Å². The number of rotatable bonds is 5. The molecule has 0 saturated carbocycles. The van der Waals surface area contributed by atoms with Crippen molar-refractivity contribution in [3.8, 4) is 0 Å². The molecule has 0 aliphatic carbocycles. The topological polar surface area (TPSA) is 55.1 Å². The third-order valence-corrected chi connectivity index (χ3v) is 1.63. The van der Waals surface area contributed by atoms with E-state index in [1.807, 2.05) is 13.8 Å². The van der Waals surface area contributed by atoms with Crippen molar-refractivity contribution in [1.82, 2.24) is 5.32 Å². The van der Waals surface area contributed by atoms with Gasteiger partial charge in [0.2, 0.25) is 5.91 Å². The van der Waals surface area contributed by atoms with Gasteiger partial charge in [0.05, 0.1) is 0 Å². The minimum atomic E-state index is 0.116. The van der Waals surface area contributed by atoms with Gasteiger partial charge in [-0.2, -0.15) is 0 Å². The molecule has 1 amide bonds. The van der Waals surface area contributed by atoms with Gasteiger partial charge in [-0.05, 0) is 26.3 Å². The van der Waals surface area contributed by atoms with Crippen LogP contribution in [0.5, 0.6) is 0 Å². The number of carbonyl (C=O) groups is 1. The zero-order chi connectivity index (χ0) is 8.69. The summed E-state index contributed by atoms with van der Waals surface area (Å²) in [5, 5.41) is 2.87. The molecule has 0 rings (SSSR count). The molecule has 3 heteroatoms. The first kappa shape index (κ1) is 10.4. The molecule has 0 aromatic rings. The molecule has 0 unspecified atom stereocenters. The molecule has 3 N–H and O–H groups in total. The van der Waals surface area contributed by atoms with Gasteiger partial charge in [0.1, 0.15) is 0 Å². The molecular formula is C8H18N2O. The van der Waals surface area contributed by atoms with Crippen LogP contribution in [-0.2, 0) is 4.79 Å². The molecule has 3 nitrogen and oxygen atoms in total. The fourth-order valence-electron chi connectivity index (χ4n) is 0.712. The van der Waals surface area contributed by atoms with Crippen molar-refractivity contribution >= 4 is 5.91 Å². The molecule has 0 aromatic heterocycles. The first-order valence-corrected chi connectivity index (χ1v) is 4.20. The van der Waals surface area contributed by atoms with Gasteiger partial charge in [0.25, 0.3) is 0 Å². The summed E-state index contributed by atoms with van der Waals surface area (Å²) < 4.78 is 0. The standard InChI is InChI=1S/C8H18N2O/c1-3-7(2)10-8(11)5-4-6-9/h7H,3-6,9H2,1-2H3,(H,10,11)/t7-/m1/s1. The normalized spacial score (nSPS) is 12.6. The highest BCUT2D eigenvalue weighted by molar-refractivity contribution is 5.76. The van der Waals surface area contributed by atoms with E-state index < -0.39 is 0 Å². The van der Waals surface area contributed by atoms with Crippen LogP contribution in [0.4, 0.5) is 0 Å². The lowest BCUT2D eigenvalue weighted by molar-refractivity contribution is -0.121. The Kier molecular flexibility index (Phi) is 5.84. The second-order valence-corrected chi connectivity index (χ2v) is 2.77. The minimum Gasteiger partial charge on any atom is -0.354 e. The Morgan fingerprint density at radius 2 is 2.27 bits per heavy atom. The van der Waals surface area contributed by atoms with Gasteiger partial charge in [0, 0.05) is 12.5 Å². The van der Waals surface area contributed by atoms with Gasteiger partial charge in [-0.25, -0.2) is 0 Å². The first-order chi connectivity index (χ1) is 5.20. The average molecular weight is 158 g/mol. The number of carbonyl (C=O) groups excluding carboxylic acids is 1. The monoisotopic (exact) mass is 158 g/mol. The Bertz CT molecular complexity index is 115. The summed E-state index contributed by atoms with van der Waals surface area (Å²) >= 11 is 0. The maximum Gasteiger partial charge on any atom is 0.220 e. The number of nitrogens with two attached hydrogens (primary N) is 1. The Hall–Kier alpha value is -0.570. The molecule has 0 fully saturated rings. The van der Waals surface area contributed by atoms with Gasteiger partial charge < -0.3 is 11.1 Å². The van der Waals surface area contributed by atoms with E-state index in [9.17, 15) is 4.79 Å². The lowest BCUT2D eigenvalue weighted by Gasteiger charge is -2.10. The Balaban J connectivity index is 3.36. The molecule has 66 valence electrons. The van der Waals surface area contributed by atoms with E-state index in [2.05, 4.69) is 5.32 Å². The highest BCUT2D eigenvalue weighted by atomic mass is 16.1. The molecular weight excluding hydrogens is 140 g/mol. The van der Waals surface area contributed by atoms with Crippen LogP contribution in [0.1, 0.15) is 33.1 Å². The van der Waals surface area contributed by atoms with Gasteiger partial charge in [-0.3, -0.25) is 4.79 Å². The Morgan fingerprint density at radius 3 is 2.73 bits per heavy atom. The molecule has 1 atom stereocenters. The summed E-state index contributed by atoms with van der Waals surface area (Å²) in [6, 6.07) is 0.292. The maximum absolute atomic E-state index is 11.0. The van der Waals surface area contributed by atoms with E-state index in [0.717, 1.165) is 12.8 Å². The third kappa shape index (κ3) is 5.85. The van der Waals surface area contributed by atoms with Gasteiger partial charge in [-0.1, -0.05) is 6.92 Å². The van der Waals surface area contributed by atoms with Crippen LogP contribution in [0.25, 0.3) is 0 Å². The third-order valence-electron chi connectivity index (χ3n) is 1.63. The van der Waals surface area contributed by atoms with Crippen LogP contribution in [-0.4, -0.2) is 18.5 Å². The zero-order valence-electron chi connectivity index (χ0n) is 7.39. The Morgan fingerprint density at radius 1 is 1.64 bits per heavy atom. The quantitative estimate of drug-likeness (QED) is 0.617. The fraction of sp³-hybridized carbons (Fsp3) is 0.875. The predicted molar refractivity (Wildman–Crippen MR) is 46.2 cm³/mol.